The van der Waals surface area contributed by atoms with Crippen LogP contribution in [0.3, 0.4) is 0 Å². The molecule has 3 rings (SSSR count). The molecule has 0 aromatic heterocycles. The molecule has 0 spiro atoms. The van der Waals surface area contributed by atoms with Crippen molar-refractivity contribution in [1.82, 2.24) is 4.90 Å². The summed E-state index contributed by atoms with van der Waals surface area (Å²) in [5, 5.41) is 2.92. The van der Waals surface area contributed by atoms with Gasteiger partial charge in [0.1, 0.15) is 6.54 Å². The second-order valence-electron chi connectivity index (χ2n) is 5.47. The van der Waals surface area contributed by atoms with E-state index in [9.17, 15) is 9.59 Å². The lowest BCUT2D eigenvalue weighted by Gasteiger charge is -2.21. The van der Waals surface area contributed by atoms with Crippen LogP contribution in [-0.2, 0) is 16.1 Å². The van der Waals surface area contributed by atoms with Crippen molar-refractivity contribution in [3.63, 3.8) is 0 Å². The third kappa shape index (κ3) is 3.15. The molecule has 0 aliphatic carbocycles. The molecular weight excluding hydrogens is 356 g/mol. The number of fused-ring (bicyclic) bond motifs is 1. The third-order valence-corrected chi connectivity index (χ3v) is 4.60. The zero-order valence-electron chi connectivity index (χ0n) is 12.8. The molecule has 1 heterocycles. The number of halogens is 1. The van der Waals surface area contributed by atoms with E-state index in [2.05, 4.69) is 21.2 Å². The minimum Gasteiger partial charge on any atom is -0.329 e. The van der Waals surface area contributed by atoms with E-state index < -0.39 is 0 Å². The topological polar surface area (TPSA) is 49.4 Å². The van der Waals surface area contributed by atoms with Crippen LogP contribution in [0.2, 0.25) is 0 Å². The van der Waals surface area contributed by atoms with Crippen LogP contribution in [-0.4, -0.2) is 23.3 Å². The molecule has 1 N–H and O–H groups in total. The summed E-state index contributed by atoms with van der Waals surface area (Å²) >= 11 is 3.61. The van der Waals surface area contributed by atoms with Crippen molar-refractivity contribution in [2.24, 2.45) is 0 Å². The van der Waals surface area contributed by atoms with Gasteiger partial charge in [0.2, 0.25) is 11.8 Å². The van der Waals surface area contributed by atoms with Crippen LogP contribution in [0.1, 0.15) is 18.9 Å². The van der Waals surface area contributed by atoms with Gasteiger partial charge < -0.3 is 10.2 Å². The van der Waals surface area contributed by atoms with Crippen LogP contribution in [0.4, 0.5) is 5.69 Å². The van der Waals surface area contributed by atoms with E-state index in [0.717, 1.165) is 26.9 Å². The van der Waals surface area contributed by atoms with E-state index in [0.29, 0.717) is 13.0 Å². The van der Waals surface area contributed by atoms with Gasteiger partial charge in [-0.05, 0) is 17.7 Å². The summed E-state index contributed by atoms with van der Waals surface area (Å²) in [6.45, 7) is 2.32. The smallest absolute Gasteiger partial charge is 0.244 e. The number of carbonyl (C=O) groups excluding carboxylic acids is 2. The average Bonchev–Trinajstić information content (AvgIpc) is 2.73. The minimum absolute atomic E-state index is 0.0213. The van der Waals surface area contributed by atoms with Gasteiger partial charge in [-0.3, -0.25) is 9.59 Å². The predicted octanol–water partition coefficient (Wildman–Crippen LogP) is 3.81. The Morgan fingerprint density at radius 3 is 2.61 bits per heavy atom. The van der Waals surface area contributed by atoms with Crippen molar-refractivity contribution in [1.29, 1.82) is 0 Å². The molecule has 0 radical (unpaired) electrons. The highest BCUT2D eigenvalue weighted by Crippen LogP contribution is 2.37. The molecule has 5 heteroatoms. The summed E-state index contributed by atoms with van der Waals surface area (Å²) in [5.41, 5.74) is 3.79. The van der Waals surface area contributed by atoms with Crippen LogP contribution in [0.15, 0.2) is 46.9 Å². The molecule has 2 aromatic rings. The number of amides is 2. The number of benzene rings is 2. The van der Waals surface area contributed by atoms with Gasteiger partial charge in [0.25, 0.3) is 0 Å². The second kappa shape index (κ2) is 6.54. The lowest BCUT2D eigenvalue weighted by atomic mass is 9.97. The van der Waals surface area contributed by atoms with Crippen LogP contribution < -0.4 is 5.32 Å². The second-order valence-corrected chi connectivity index (χ2v) is 6.32. The van der Waals surface area contributed by atoms with Gasteiger partial charge in [-0.25, -0.2) is 0 Å². The van der Waals surface area contributed by atoms with Crippen molar-refractivity contribution in [2.75, 3.05) is 11.9 Å². The molecule has 23 heavy (non-hydrogen) atoms. The highest BCUT2D eigenvalue weighted by Gasteiger charge is 2.25. The summed E-state index contributed by atoms with van der Waals surface area (Å²) in [6, 6.07) is 13.8. The molecule has 4 nitrogen and oxygen atoms in total. The quantitative estimate of drug-likeness (QED) is 0.871. The minimum atomic E-state index is -0.160. The highest BCUT2D eigenvalue weighted by atomic mass is 79.9. The summed E-state index contributed by atoms with van der Waals surface area (Å²) in [4.78, 5) is 25.8. The van der Waals surface area contributed by atoms with Crippen LogP contribution in [0, 0.1) is 0 Å². The molecule has 0 unspecified atom stereocenters. The van der Waals surface area contributed by atoms with Crippen LogP contribution >= 0.6 is 15.9 Å². The fourth-order valence-electron chi connectivity index (χ4n) is 2.83. The van der Waals surface area contributed by atoms with E-state index in [-0.39, 0.29) is 18.4 Å². The maximum Gasteiger partial charge on any atom is 0.244 e. The lowest BCUT2D eigenvalue weighted by Crippen LogP contribution is -2.34. The Morgan fingerprint density at radius 2 is 1.91 bits per heavy atom. The first-order valence-electron chi connectivity index (χ1n) is 7.54. The Balaban J connectivity index is 2.15. The fraction of sp³-hybridized carbons (Fsp3) is 0.222. The van der Waals surface area contributed by atoms with Crippen molar-refractivity contribution in [2.45, 2.75) is 19.9 Å². The molecule has 0 saturated heterocycles. The zero-order valence-corrected chi connectivity index (χ0v) is 14.4. The van der Waals surface area contributed by atoms with Gasteiger partial charge >= 0.3 is 0 Å². The molecule has 2 amide bonds. The molecule has 1 aliphatic rings. The Kier molecular flexibility index (Phi) is 4.48. The van der Waals surface area contributed by atoms with E-state index in [1.54, 1.807) is 4.90 Å². The predicted molar refractivity (Wildman–Crippen MR) is 93.9 cm³/mol. The standard InChI is InChI=1S/C18H17BrN2O2/c1-2-17(23)21-10-13-15(20-16(22)11-21)9-8-14(19)18(13)12-6-4-3-5-7-12/h3-9H,2,10-11H2,1H3,(H,20,22). The molecular formula is C18H17BrN2O2. The first-order valence-corrected chi connectivity index (χ1v) is 8.34. The average molecular weight is 373 g/mol. The lowest BCUT2D eigenvalue weighted by molar-refractivity contribution is -0.134. The van der Waals surface area contributed by atoms with Gasteiger partial charge in [-0.15, -0.1) is 0 Å². The van der Waals surface area contributed by atoms with Gasteiger partial charge in [0.05, 0.1) is 0 Å². The monoisotopic (exact) mass is 372 g/mol. The first-order chi connectivity index (χ1) is 11.1. The Labute approximate surface area is 143 Å². The van der Waals surface area contributed by atoms with Gasteiger partial charge in [-0.1, -0.05) is 53.2 Å². The van der Waals surface area contributed by atoms with Gasteiger partial charge in [-0.2, -0.15) is 0 Å². The maximum absolute atomic E-state index is 12.1. The summed E-state index contributed by atoms with van der Waals surface area (Å²) in [7, 11) is 0. The largest absolute Gasteiger partial charge is 0.329 e. The Morgan fingerprint density at radius 1 is 1.17 bits per heavy atom. The highest BCUT2D eigenvalue weighted by molar-refractivity contribution is 9.10. The molecule has 118 valence electrons. The van der Waals surface area contributed by atoms with E-state index in [1.807, 2.05) is 49.4 Å². The first kappa shape index (κ1) is 15.7. The van der Waals surface area contributed by atoms with Gasteiger partial charge in [0.15, 0.2) is 0 Å². The number of hydrogen-bond acceptors (Lipinski definition) is 2. The number of nitrogens with zero attached hydrogens (tertiary/aromatic N) is 1. The number of carbonyl (C=O) groups is 2. The molecule has 1 aliphatic heterocycles. The number of rotatable bonds is 2. The molecule has 2 aromatic carbocycles. The van der Waals surface area contributed by atoms with Gasteiger partial charge in [0, 0.05) is 34.3 Å². The van der Waals surface area contributed by atoms with Crippen molar-refractivity contribution >= 4 is 33.4 Å². The molecule has 0 atom stereocenters. The van der Waals surface area contributed by atoms with Crippen LogP contribution in [0.25, 0.3) is 11.1 Å². The SMILES string of the molecule is CCC(=O)N1CC(=O)Nc2ccc(Br)c(-c3ccccc3)c2C1. The normalized spacial score (nSPS) is 14.0. The Hall–Kier alpha value is -2.14. The van der Waals surface area contributed by atoms with Crippen LogP contribution in [0.5, 0.6) is 0 Å². The zero-order chi connectivity index (χ0) is 16.4. The number of hydrogen-bond donors (Lipinski definition) is 1. The Bertz CT molecular complexity index is 759. The van der Waals surface area contributed by atoms with Crippen molar-refractivity contribution in [3.8, 4) is 11.1 Å². The summed E-state index contributed by atoms with van der Waals surface area (Å²) < 4.78 is 0.947. The molecule has 0 fully saturated rings. The maximum atomic E-state index is 12.1. The summed E-state index contributed by atoms with van der Waals surface area (Å²) in [5.74, 6) is -0.182. The third-order valence-electron chi connectivity index (χ3n) is 3.94. The van der Waals surface area contributed by atoms with E-state index in [4.69, 9.17) is 0 Å². The molecule has 0 saturated carbocycles. The summed E-state index contributed by atoms with van der Waals surface area (Å²) in [6.07, 6.45) is 0.386. The van der Waals surface area contributed by atoms with Crippen molar-refractivity contribution in [3.05, 3.63) is 52.5 Å². The number of anilines is 1. The van der Waals surface area contributed by atoms with Crippen molar-refractivity contribution < 1.29 is 9.59 Å². The molecule has 0 bridgehead atoms. The number of nitrogens with one attached hydrogen (secondary N) is 1. The fourth-order valence-corrected chi connectivity index (χ4v) is 3.43. The van der Waals surface area contributed by atoms with E-state index >= 15 is 0 Å². The van der Waals surface area contributed by atoms with E-state index in [1.165, 1.54) is 0 Å².